The van der Waals surface area contributed by atoms with Gasteiger partial charge in [0, 0.05) is 17.6 Å². The summed E-state index contributed by atoms with van der Waals surface area (Å²) < 4.78 is 11.8. The van der Waals surface area contributed by atoms with Crippen molar-refractivity contribution < 1.29 is 14.3 Å². The Bertz CT molecular complexity index is 516. The number of amides is 1. The fraction of sp³-hybridized carbons (Fsp3) is 0.533. The fourth-order valence-corrected chi connectivity index (χ4v) is 2.99. The molecule has 1 aromatic rings. The second-order valence-corrected chi connectivity index (χ2v) is 6.57. The number of rotatable bonds is 2. The molecule has 0 saturated carbocycles. The van der Waals surface area contributed by atoms with Gasteiger partial charge in [-0.05, 0) is 54.9 Å². The third kappa shape index (κ3) is 3.33. The normalized spacial score (nSPS) is 21.6. The third-order valence-electron chi connectivity index (χ3n) is 3.26. The smallest absolute Gasteiger partial charge is 0.255 e. The molecule has 1 unspecified atom stereocenters. The molecule has 110 valence electrons. The third-order valence-corrected chi connectivity index (χ3v) is 3.95. The number of carbonyl (C=O) groups is 1. The van der Waals surface area contributed by atoms with Gasteiger partial charge in [0.05, 0.1) is 24.4 Å². The van der Waals surface area contributed by atoms with E-state index in [4.69, 9.17) is 9.47 Å². The summed E-state index contributed by atoms with van der Waals surface area (Å²) in [5.74, 6) is 0.677. The van der Waals surface area contributed by atoms with Crippen LogP contribution in [0.3, 0.4) is 0 Å². The highest BCUT2D eigenvalue weighted by Crippen LogP contribution is 2.27. The molecule has 0 bridgehead atoms. The molecule has 2 rings (SSSR count). The van der Waals surface area contributed by atoms with E-state index in [1.165, 1.54) is 0 Å². The highest BCUT2D eigenvalue weighted by Gasteiger charge is 2.34. The van der Waals surface area contributed by atoms with Gasteiger partial charge in [0.25, 0.3) is 5.91 Å². The van der Waals surface area contributed by atoms with Crippen LogP contribution in [0.4, 0.5) is 0 Å². The number of carbonyl (C=O) groups excluding carboxylic acids is 1. The zero-order valence-electron chi connectivity index (χ0n) is 12.3. The van der Waals surface area contributed by atoms with Gasteiger partial charge >= 0.3 is 0 Å². The van der Waals surface area contributed by atoms with Crippen LogP contribution in [-0.2, 0) is 4.74 Å². The molecular weight excluding hydrogens is 322 g/mol. The molecular formula is C15H20BrNO3. The van der Waals surface area contributed by atoms with Crippen LogP contribution >= 0.6 is 15.9 Å². The summed E-state index contributed by atoms with van der Waals surface area (Å²) in [6.45, 7) is 7.18. The summed E-state index contributed by atoms with van der Waals surface area (Å²) in [5, 5.41) is 0. The summed E-state index contributed by atoms with van der Waals surface area (Å²) in [5.41, 5.74) is 0.299. The van der Waals surface area contributed by atoms with Gasteiger partial charge in [-0.25, -0.2) is 0 Å². The second kappa shape index (κ2) is 5.74. The van der Waals surface area contributed by atoms with Gasteiger partial charge in [-0.2, -0.15) is 0 Å². The van der Waals surface area contributed by atoms with Crippen molar-refractivity contribution >= 4 is 21.8 Å². The van der Waals surface area contributed by atoms with Crippen molar-refractivity contribution in [1.29, 1.82) is 0 Å². The molecule has 1 atom stereocenters. The number of methoxy groups -OCH3 is 1. The molecule has 0 spiro atoms. The van der Waals surface area contributed by atoms with E-state index in [1.807, 2.05) is 37.8 Å². The van der Waals surface area contributed by atoms with Crippen LogP contribution in [0.25, 0.3) is 0 Å². The Labute approximate surface area is 128 Å². The zero-order chi connectivity index (χ0) is 14.9. The summed E-state index contributed by atoms with van der Waals surface area (Å²) in [6.07, 6.45) is 0.0343. The monoisotopic (exact) mass is 341 g/mol. The summed E-state index contributed by atoms with van der Waals surface area (Å²) in [6, 6.07) is 5.42. The van der Waals surface area contributed by atoms with Crippen molar-refractivity contribution in [3.8, 4) is 5.75 Å². The van der Waals surface area contributed by atoms with E-state index < -0.39 is 0 Å². The van der Waals surface area contributed by atoms with Crippen molar-refractivity contribution in [3.05, 3.63) is 28.2 Å². The molecule has 1 fully saturated rings. The van der Waals surface area contributed by atoms with Crippen molar-refractivity contribution in [2.45, 2.75) is 32.5 Å². The minimum Gasteiger partial charge on any atom is -0.497 e. The molecule has 1 saturated heterocycles. The van der Waals surface area contributed by atoms with Crippen LogP contribution in [0.2, 0.25) is 0 Å². The number of benzene rings is 1. The van der Waals surface area contributed by atoms with Gasteiger partial charge < -0.3 is 14.4 Å². The van der Waals surface area contributed by atoms with Gasteiger partial charge in [-0.1, -0.05) is 0 Å². The maximum absolute atomic E-state index is 12.7. The van der Waals surface area contributed by atoms with Gasteiger partial charge in [0.2, 0.25) is 0 Å². The van der Waals surface area contributed by atoms with Crippen molar-refractivity contribution in [3.63, 3.8) is 0 Å². The Morgan fingerprint density at radius 1 is 1.50 bits per heavy atom. The van der Waals surface area contributed by atoms with E-state index in [1.54, 1.807) is 13.2 Å². The number of morpholine rings is 1. The van der Waals surface area contributed by atoms with Crippen LogP contribution in [0, 0.1) is 0 Å². The van der Waals surface area contributed by atoms with Gasteiger partial charge in [-0.15, -0.1) is 0 Å². The Balaban J connectivity index is 2.27. The number of halogens is 1. The summed E-state index contributed by atoms with van der Waals surface area (Å²) in [4.78, 5) is 14.5. The molecule has 0 radical (unpaired) electrons. The SMILES string of the molecule is COc1ccc(Br)c(C(=O)N2CC(C)OC(C)(C)C2)c1. The topological polar surface area (TPSA) is 38.8 Å². The van der Waals surface area contributed by atoms with E-state index in [-0.39, 0.29) is 17.6 Å². The number of hydrogen-bond donors (Lipinski definition) is 0. The Hall–Kier alpha value is -1.07. The molecule has 4 nitrogen and oxygen atoms in total. The largest absolute Gasteiger partial charge is 0.497 e. The lowest BCUT2D eigenvalue weighted by atomic mass is 10.0. The molecule has 1 aromatic carbocycles. The second-order valence-electron chi connectivity index (χ2n) is 5.72. The van der Waals surface area contributed by atoms with Gasteiger partial charge in [-0.3, -0.25) is 4.79 Å². The average molecular weight is 342 g/mol. The van der Waals surface area contributed by atoms with E-state index in [0.717, 1.165) is 4.47 Å². The summed E-state index contributed by atoms with van der Waals surface area (Å²) >= 11 is 3.44. The number of ether oxygens (including phenoxy) is 2. The molecule has 1 aliphatic heterocycles. The number of nitrogens with zero attached hydrogens (tertiary/aromatic N) is 1. The molecule has 1 aliphatic rings. The molecule has 0 N–H and O–H groups in total. The lowest BCUT2D eigenvalue weighted by Crippen LogP contribution is -2.53. The molecule has 0 aromatic heterocycles. The van der Waals surface area contributed by atoms with E-state index in [2.05, 4.69) is 15.9 Å². The first-order chi connectivity index (χ1) is 9.32. The molecule has 20 heavy (non-hydrogen) atoms. The maximum atomic E-state index is 12.7. The Kier molecular flexibility index (Phi) is 4.39. The highest BCUT2D eigenvalue weighted by molar-refractivity contribution is 9.10. The van der Waals surface area contributed by atoms with Crippen molar-refractivity contribution in [2.75, 3.05) is 20.2 Å². The predicted octanol–water partition coefficient (Wildman–Crippen LogP) is 3.10. The van der Waals surface area contributed by atoms with Crippen LogP contribution in [-0.4, -0.2) is 42.7 Å². The summed E-state index contributed by atoms with van der Waals surface area (Å²) in [7, 11) is 1.59. The molecule has 1 amide bonds. The van der Waals surface area contributed by atoms with E-state index in [0.29, 0.717) is 24.4 Å². The standard InChI is InChI=1S/C15H20BrNO3/c1-10-8-17(9-15(2,3)20-10)14(18)12-7-11(19-4)5-6-13(12)16/h5-7,10H,8-9H2,1-4H3. The van der Waals surface area contributed by atoms with Gasteiger partial charge in [0.15, 0.2) is 0 Å². The first-order valence-electron chi connectivity index (χ1n) is 6.63. The van der Waals surface area contributed by atoms with E-state index >= 15 is 0 Å². The Morgan fingerprint density at radius 3 is 2.80 bits per heavy atom. The van der Waals surface area contributed by atoms with Crippen molar-refractivity contribution in [2.24, 2.45) is 0 Å². The highest BCUT2D eigenvalue weighted by atomic mass is 79.9. The zero-order valence-corrected chi connectivity index (χ0v) is 13.9. The predicted molar refractivity (Wildman–Crippen MR) is 81.2 cm³/mol. The lowest BCUT2D eigenvalue weighted by molar-refractivity contribution is -0.118. The molecule has 1 heterocycles. The lowest BCUT2D eigenvalue weighted by Gasteiger charge is -2.41. The first kappa shape index (κ1) is 15.3. The average Bonchev–Trinajstić information content (AvgIpc) is 2.36. The van der Waals surface area contributed by atoms with Gasteiger partial charge in [0.1, 0.15) is 5.75 Å². The number of hydrogen-bond acceptors (Lipinski definition) is 3. The Morgan fingerprint density at radius 2 is 2.20 bits per heavy atom. The quantitative estimate of drug-likeness (QED) is 0.829. The minimum absolute atomic E-state index is 0.000926. The minimum atomic E-state index is -0.321. The van der Waals surface area contributed by atoms with Crippen molar-refractivity contribution in [1.82, 2.24) is 4.90 Å². The molecule has 5 heteroatoms. The van der Waals surface area contributed by atoms with Crippen LogP contribution in [0.1, 0.15) is 31.1 Å². The van der Waals surface area contributed by atoms with Crippen LogP contribution < -0.4 is 4.74 Å². The van der Waals surface area contributed by atoms with Crippen LogP contribution in [0.15, 0.2) is 22.7 Å². The van der Waals surface area contributed by atoms with Crippen LogP contribution in [0.5, 0.6) is 5.75 Å². The molecule has 0 aliphatic carbocycles. The fourth-order valence-electron chi connectivity index (χ4n) is 2.57. The maximum Gasteiger partial charge on any atom is 0.255 e. The van der Waals surface area contributed by atoms with E-state index in [9.17, 15) is 4.79 Å². The first-order valence-corrected chi connectivity index (χ1v) is 7.42.